The van der Waals surface area contributed by atoms with E-state index in [2.05, 4.69) is 10.3 Å². The number of aromatic amines is 1. The standard InChI is InChI=1S/C13H22N2O2/c1-8(2)5-11(16)7-14-13(17)12-9(3)6-10(4)15-12/h6,8,11,15-16H,5,7H2,1-4H3,(H,14,17). The van der Waals surface area contributed by atoms with E-state index in [1.165, 1.54) is 0 Å². The first-order valence-electron chi connectivity index (χ1n) is 6.02. The van der Waals surface area contributed by atoms with Crippen molar-refractivity contribution in [3.05, 3.63) is 23.0 Å². The molecule has 0 aliphatic heterocycles. The van der Waals surface area contributed by atoms with Crippen molar-refractivity contribution in [1.29, 1.82) is 0 Å². The molecule has 0 aliphatic rings. The Balaban J connectivity index is 2.47. The fraction of sp³-hybridized carbons (Fsp3) is 0.615. The van der Waals surface area contributed by atoms with Crippen LogP contribution in [-0.2, 0) is 0 Å². The Kier molecular flexibility index (Phi) is 4.75. The minimum atomic E-state index is -0.477. The SMILES string of the molecule is Cc1cc(C)c(C(=O)NCC(O)CC(C)C)[nH]1. The summed E-state index contributed by atoms with van der Waals surface area (Å²) in [4.78, 5) is 14.8. The molecule has 0 aromatic carbocycles. The highest BCUT2D eigenvalue weighted by Crippen LogP contribution is 2.09. The summed E-state index contributed by atoms with van der Waals surface area (Å²) in [6, 6.07) is 1.93. The molecule has 1 aromatic heterocycles. The quantitative estimate of drug-likeness (QED) is 0.732. The van der Waals surface area contributed by atoms with Gasteiger partial charge in [0.25, 0.3) is 5.91 Å². The molecule has 0 spiro atoms. The van der Waals surface area contributed by atoms with Crippen molar-refractivity contribution in [2.75, 3.05) is 6.54 Å². The van der Waals surface area contributed by atoms with E-state index in [4.69, 9.17) is 0 Å². The van der Waals surface area contributed by atoms with Gasteiger partial charge in [0, 0.05) is 12.2 Å². The van der Waals surface area contributed by atoms with Gasteiger partial charge in [-0.2, -0.15) is 0 Å². The number of hydrogen-bond acceptors (Lipinski definition) is 2. The number of carbonyl (C=O) groups is 1. The van der Waals surface area contributed by atoms with E-state index in [1.54, 1.807) is 0 Å². The Morgan fingerprint density at radius 2 is 2.12 bits per heavy atom. The van der Waals surface area contributed by atoms with Crippen molar-refractivity contribution < 1.29 is 9.90 Å². The summed E-state index contributed by atoms with van der Waals surface area (Å²) in [5.41, 5.74) is 2.48. The van der Waals surface area contributed by atoms with Crippen molar-refractivity contribution >= 4 is 5.91 Å². The molecule has 0 aliphatic carbocycles. The van der Waals surface area contributed by atoms with Gasteiger partial charge in [-0.3, -0.25) is 4.79 Å². The number of aliphatic hydroxyl groups excluding tert-OH is 1. The maximum atomic E-state index is 11.8. The molecule has 17 heavy (non-hydrogen) atoms. The summed E-state index contributed by atoms with van der Waals surface area (Å²) in [6.07, 6.45) is 0.221. The van der Waals surface area contributed by atoms with Gasteiger partial charge < -0.3 is 15.4 Å². The van der Waals surface area contributed by atoms with Gasteiger partial charge in [0.05, 0.1) is 6.10 Å². The Bertz CT molecular complexity index is 383. The summed E-state index contributed by atoms with van der Waals surface area (Å²) in [6.45, 7) is 8.20. The Labute approximate surface area is 102 Å². The summed E-state index contributed by atoms with van der Waals surface area (Å²) in [7, 11) is 0. The van der Waals surface area contributed by atoms with Crippen LogP contribution in [0.2, 0.25) is 0 Å². The van der Waals surface area contributed by atoms with Gasteiger partial charge in [0.15, 0.2) is 0 Å². The molecule has 1 unspecified atom stereocenters. The average Bonchev–Trinajstić information content (AvgIpc) is 2.53. The van der Waals surface area contributed by atoms with Crippen LogP contribution in [0, 0.1) is 19.8 Å². The van der Waals surface area contributed by atoms with Crippen LogP contribution < -0.4 is 5.32 Å². The molecular formula is C13H22N2O2. The van der Waals surface area contributed by atoms with E-state index in [0.29, 0.717) is 24.6 Å². The lowest BCUT2D eigenvalue weighted by atomic mass is 10.1. The van der Waals surface area contributed by atoms with Gasteiger partial charge in [-0.05, 0) is 37.8 Å². The van der Waals surface area contributed by atoms with E-state index >= 15 is 0 Å². The maximum absolute atomic E-state index is 11.8. The predicted molar refractivity (Wildman–Crippen MR) is 68.1 cm³/mol. The number of aryl methyl sites for hydroxylation is 2. The number of aliphatic hydroxyl groups is 1. The number of carbonyl (C=O) groups excluding carboxylic acids is 1. The summed E-state index contributed by atoms with van der Waals surface area (Å²) in [5, 5.41) is 12.4. The molecule has 1 heterocycles. The molecular weight excluding hydrogens is 216 g/mol. The minimum Gasteiger partial charge on any atom is -0.391 e. The maximum Gasteiger partial charge on any atom is 0.268 e. The molecule has 1 rings (SSSR count). The topological polar surface area (TPSA) is 65.1 Å². The zero-order chi connectivity index (χ0) is 13.0. The summed E-state index contributed by atoms with van der Waals surface area (Å²) < 4.78 is 0. The van der Waals surface area contributed by atoms with E-state index < -0.39 is 6.10 Å². The van der Waals surface area contributed by atoms with Crippen molar-refractivity contribution in [2.24, 2.45) is 5.92 Å². The molecule has 96 valence electrons. The van der Waals surface area contributed by atoms with Crippen LogP contribution in [0.15, 0.2) is 6.07 Å². The highest BCUT2D eigenvalue weighted by Gasteiger charge is 2.13. The van der Waals surface area contributed by atoms with Crippen LogP contribution in [0.4, 0.5) is 0 Å². The van der Waals surface area contributed by atoms with Crippen molar-refractivity contribution in [2.45, 2.75) is 40.2 Å². The van der Waals surface area contributed by atoms with Crippen LogP contribution in [0.25, 0.3) is 0 Å². The van der Waals surface area contributed by atoms with Crippen LogP contribution in [0.3, 0.4) is 0 Å². The monoisotopic (exact) mass is 238 g/mol. The fourth-order valence-corrected chi connectivity index (χ4v) is 1.89. The number of aromatic nitrogens is 1. The second-order valence-corrected chi connectivity index (χ2v) is 5.00. The lowest BCUT2D eigenvalue weighted by Gasteiger charge is -2.13. The molecule has 1 amide bonds. The highest BCUT2D eigenvalue weighted by molar-refractivity contribution is 5.93. The van der Waals surface area contributed by atoms with Crippen molar-refractivity contribution in [1.82, 2.24) is 10.3 Å². The number of amides is 1. The first kappa shape index (κ1) is 13.8. The molecule has 0 bridgehead atoms. The molecule has 3 N–H and O–H groups in total. The van der Waals surface area contributed by atoms with E-state index in [0.717, 1.165) is 11.3 Å². The van der Waals surface area contributed by atoms with E-state index in [9.17, 15) is 9.90 Å². The zero-order valence-electron chi connectivity index (χ0n) is 11.0. The Morgan fingerprint density at radius 1 is 1.47 bits per heavy atom. The third kappa shape index (κ3) is 4.23. The van der Waals surface area contributed by atoms with Crippen LogP contribution in [0.5, 0.6) is 0 Å². The second-order valence-electron chi connectivity index (χ2n) is 5.00. The summed E-state index contributed by atoms with van der Waals surface area (Å²) >= 11 is 0. The van der Waals surface area contributed by atoms with Crippen LogP contribution in [0.1, 0.15) is 42.0 Å². The summed E-state index contributed by atoms with van der Waals surface area (Å²) in [5.74, 6) is 0.273. The molecule has 4 heteroatoms. The number of hydrogen-bond donors (Lipinski definition) is 3. The first-order valence-corrected chi connectivity index (χ1v) is 6.02. The highest BCUT2D eigenvalue weighted by atomic mass is 16.3. The minimum absolute atomic E-state index is 0.154. The zero-order valence-corrected chi connectivity index (χ0v) is 11.0. The molecule has 0 saturated heterocycles. The average molecular weight is 238 g/mol. The Hall–Kier alpha value is -1.29. The van der Waals surface area contributed by atoms with E-state index in [1.807, 2.05) is 33.8 Å². The van der Waals surface area contributed by atoms with Gasteiger partial charge in [-0.1, -0.05) is 13.8 Å². The van der Waals surface area contributed by atoms with Gasteiger partial charge >= 0.3 is 0 Å². The van der Waals surface area contributed by atoms with E-state index in [-0.39, 0.29) is 5.91 Å². The van der Waals surface area contributed by atoms with Gasteiger partial charge in [-0.25, -0.2) is 0 Å². The normalized spacial score (nSPS) is 12.8. The lowest BCUT2D eigenvalue weighted by molar-refractivity contribution is 0.0895. The number of rotatable bonds is 5. The third-order valence-electron chi connectivity index (χ3n) is 2.62. The number of H-pyrrole nitrogens is 1. The molecule has 1 aromatic rings. The predicted octanol–water partition coefficient (Wildman–Crippen LogP) is 1.77. The van der Waals surface area contributed by atoms with Crippen molar-refractivity contribution in [3.8, 4) is 0 Å². The molecule has 4 nitrogen and oxygen atoms in total. The largest absolute Gasteiger partial charge is 0.391 e. The molecule has 0 radical (unpaired) electrons. The molecule has 0 fully saturated rings. The van der Waals surface area contributed by atoms with Crippen LogP contribution in [-0.4, -0.2) is 28.6 Å². The van der Waals surface area contributed by atoms with Gasteiger partial charge in [0.1, 0.15) is 5.69 Å². The third-order valence-corrected chi connectivity index (χ3v) is 2.62. The van der Waals surface area contributed by atoms with Gasteiger partial charge in [-0.15, -0.1) is 0 Å². The van der Waals surface area contributed by atoms with Crippen molar-refractivity contribution in [3.63, 3.8) is 0 Å². The fourth-order valence-electron chi connectivity index (χ4n) is 1.89. The smallest absolute Gasteiger partial charge is 0.268 e. The first-order chi connectivity index (χ1) is 7.90. The lowest BCUT2D eigenvalue weighted by Crippen LogP contribution is -2.33. The van der Waals surface area contributed by atoms with Crippen LogP contribution >= 0.6 is 0 Å². The second kappa shape index (κ2) is 5.87. The Morgan fingerprint density at radius 3 is 2.59 bits per heavy atom. The molecule has 1 atom stereocenters. The molecule has 0 saturated carbocycles. The van der Waals surface area contributed by atoms with Gasteiger partial charge in [0.2, 0.25) is 0 Å². The number of nitrogens with one attached hydrogen (secondary N) is 2.